The lowest BCUT2D eigenvalue weighted by Crippen LogP contribution is -2.54. The Kier molecular flexibility index (Phi) is 5.47. The van der Waals surface area contributed by atoms with Crippen molar-refractivity contribution in [2.24, 2.45) is 0 Å². The number of hydrogen-bond acceptors (Lipinski definition) is 3. The van der Waals surface area contributed by atoms with Crippen molar-refractivity contribution in [3.63, 3.8) is 0 Å². The Morgan fingerprint density at radius 2 is 1.62 bits per heavy atom. The molecule has 3 aromatic carbocycles. The summed E-state index contributed by atoms with van der Waals surface area (Å²) >= 11 is 5.99. The summed E-state index contributed by atoms with van der Waals surface area (Å²) in [6, 6.07) is 19.1. The third-order valence-electron chi connectivity index (χ3n) is 5.57. The summed E-state index contributed by atoms with van der Waals surface area (Å²) in [7, 11) is 0. The maximum atomic E-state index is 13.3. The van der Waals surface area contributed by atoms with Crippen molar-refractivity contribution >= 4 is 52.1 Å². The van der Waals surface area contributed by atoms with Crippen molar-refractivity contribution in [3.8, 4) is 0 Å². The van der Waals surface area contributed by atoms with Gasteiger partial charge in [0.25, 0.3) is 11.8 Å². The van der Waals surface area contributed by atoms with Crippen molar-refractivity contribution in [3.05, 3.63) is 107 Å². The molecular formula is C26H17ClFN3O3. The third kappa shape index (κ3) is 3.97. The summed E-state index contributed by atoms with van der Waals surface area (Å²) in [6.07, 6.45) is 3.33. The van der Waals surface area contributed by atoms with Gasteiger partial charge in [-0.25, -0.2) is 14.1 Å². The zero-order chi connectivity index (χ0) is 23.8. The number of rotatable bonds is 4. The highest BCUT2D eigenvalue weighted by molar-refractivity contribution is 6.39. The number of benzene rings is 3. The van der Waals surface area contributed by atoms with Gasteiger partial charge in [0.05, 0.1) is 5.69 Å². The Hall–Kier alpha value is -4.23. The average molecular weight is 474 g/mol. The molecule has 1 fully saturated rings. The predicted octanol–water partition coefficient (Wildman–Crippen LogP) is 5.15. The monoisotopic (exact) mass is 473 g/mol. The van der Waals surface area contributed by atoms with Gasteiger partial charge in [-0.2, -0.15) is 0 Å². The van der Waals surface area contributed by atoms with Crippen LogP contribution in [0.1, 0.15) is 11.1 Å². The van der Waals surface area contributed by atoms with E-state index in [1.165, 1.54) is 18.2 Å². The third-order valence-corrected chi connectivity index (χ3v) is 5.82. The zero-order valence-electron chi connectivity index (χ0n) is 17.7. The quantitative estimate of drug-likeness (QED) is 0.329. The van der Waals surface area contributed by atoms with Gasteiger partial charge in [0.2, 0.25) is 0 Å². The molecule has 1 aromatic heterocycles. The van der Waals surface area contributed by atoms with E-state index in [4.69, 9.17) is 11.6 Å². The van der Waals surface area contributed by atoms with E-state index >= 15 is 0 Å². The molecule has 0 spiro atoms. The average Bonchev–Trinajstić information content (AvgIpc) is 3.16. The second-order valence-electron chi connectivity index (χ2n) is 7.79. The summed E-state index contributed by atoms with van der Waals surface area (Å²) in [6.45, 7) is 0.557. The fraction of sp³-hybridized carbons (Fsp3) is 0.0385. The molecule has 5 rings (SSSR count). The first-order valence-electron chi connectivity index (χ1n) is 10.4. The number of urea groups is 1. The number of anilines is 1. The molecule has 8 heteroatoms. The van der Waals surface area contributed by atoms with Crippen LogP contribution in [-0.4, -0.2) is 22.4 Å². The molecular weight excluding hydrogens is 457 g/mol. The molecule has 2 heterocycles. The molecule has 0 radical (unpaired) electrons. The Morgan fingerprint density at radius 3 is 2.35 bits per heavy atom. The van der Waals surface area contributed by atoms with Crippen molar-refractivity contribution in [2.75, 3.05) is 4.90 Å². The number of carbonyl (C=O) groups is 3. The number of barbiturate groups is 1. The fourth-order valence-electron chi connectivity index (χ4n) is 3.95. The second-order valence-corrected chi connectivity index (χ2v) is 8.23. The minimum atomic E-state index is -0.885. The van der Waals surface area contributed by atoms with E-state index in [1.807, 2.05) is 59.3 Å². The number of hydrogen-bond donors (Lipinski definition) is 1. The first kappa shape index (κ1) is 21.6. The van der Waals surface area contributed by atoms with Crippen molar-refractivity contribution in [1.82, 2.24) is 9.88 Å². The SMILES string of the molecule is O=C1NC(=O)N(c2ccc(F)cc2)C(=O)C1=Cc1cn(Cc2ccc(Cl)cc2)c2ccccc12. The Labute approximate surface area is 198 Å². The van der Waals surface area contributed by atoms with Gasteiger partial charge in [-0.05, 0) is 54.1 Å². The van der Waals surface area contributed by atoms with Gasteiger partial charge < -0.3 is 4.57 Å². The fourth-order valence-corrected chi connectivity index (χ4v) is 4.07. The number of para-hydroxylation sites is 1. The summed E-state index contributed by atoms with van der Waals surface area (Å²) in [5.41, 5.74) is 2.56. The van der Waals surface area contributed by atoms with Gasteiger partial charge >= 0.3 is 6.03 Å². The van der Waals surface area contributed by atoms with Crippen LogP contribution >= 0.6 is 11.6 Å². The molecule has 0 atom stereocenters. The van der Waals surface area contributed by atoms with Crippen LogP contribution in [0.15, 0.2) is 84.6 Å². The molecule has 4 aromatic rings. The Balaban J connectivity index is 1.56. The lowest BCUT2D eigenvalue weighted by atomic mass is 10.1. The van der Waals surface area contributed by atoms with Crippen molar-refractivity contribution < 1.29 is 18.8 Å². The molecule has 0 bridgehead atoms. The number of nitrogens with one attached hydrogen (secondary N) is 1. The van der Waals surface area contributed by atoms with Crippen LogP contribution in [-0.2, 0) is 16.1 Å². The van der Waals surface area contributed by atoms with Gasteiger partial charge in [-0.1, -0.05) is 41.9 Å². The number of carbonyl (C=O) groups excluding carboxylic acids is 3. The van der Waals surface area contributed by atoms with Crippen LogP contribution in [0, 0.1) is 5.82 Å². The number of fused-ring (bicyclic) bond motifs is 1. The molecule has 168 valence electrons. The molecule has 1 saturated heterocycles. The van der Waals surface area contributed by atoms with Gasteiger partial charge in [0.1, 0.15) is 11.4 Å². The lowest BCUT2D eigenvalue weighted by molar-refractivity contribution is -0.122. The van der Waals surface area contributed by atoms with E-state index in [-0.39, 0.29) is 11.3 Å². The highest BCUT2D eigenvalue weighted by Gasteiger charge is 2.37. The molecule has 6 nitrogen and oxygen atoms in total. The van der Waals surface area contributed by atoms with Crippen molar-refractivity contribution in [2.45, 2.75) is 6.54 Å². The van der Waals surface area contributed by atoms with Gasteiger partial charge in [-0.3, -0.25) is 14.9 Å². The standard InChI is InChI=1S/C26H17ClFN3O3/c27-18-7-5-16(6-8-18)14-30-15-17(21-3-1-2-4-23(21)30)13-22-24(32)29-26(34)31(25(22)33)20-11-9-19(28)10-12-20/h1-13,15H,14H2,(H,29,32,34). The molecule has 0 unspecified atom stereocenters. The molecule has 0 saturated carbocycles. The maximum absolute atomic E-state index is 13.3. The summed E-state index contributed by atoms with van der Waals surface area (Å²) in [4.78, 5) is 39.0. The van der Waals surface area contributed by atoms with Crippen LogP contribution in [0.5, 0.6) is 0 Å². The van der Waals surface area contributed by atoms with E-state index in [9.17, 15) is 18.8 Å². The highest BCUT2D eigenvalue weighted by Crippen LogP contribution is 2.27. The topological polar surface area (TPSA) is 71.4 Å². The maximum Gasteiger partial charge on any atom is 0.335 e. The largest absolute Gasteiger partial charge is 0.342 e. The molecule has 1 aliphatic heterocycles. The van der Waals surface area contributed by atoms with Crippen LogP contribution in [0.3, 0.4) is 0 Å². The predicted molar refractivity (Wildman–Crippen MR) is 128 cm³/mol. The number of aromatic nitrogens is 1. The van der Waals surface area contributed by atoms with E-state index in [1.54, 1.807) is 0 Å². The summed E-state index contributed by atoms with van der Waals surface area (Å²) < 4.78 is 15.3. The van der Waals surface area contributed by atoms with Crippen LogP contribution in [0.25, 0.3) is 17.0 Å². The first-order chi connectivity index (χ1) is 16.4. The number of nitrogens with zero attached hydrogens (tertiary/aromatic N) is 2. The summed E-state index contributed by atoms with van der Waals surface area (Å²) in [5, 5.41) is 3.68. The Bertz CT molecular complexity index is 1470. The normalized spacial score (nSPS) is 15.3. The zero-order valence-corrected chi connectivity index (χ0v) is 18.4. The van der Waals surface area contributed by atoms with Crippen LogP contribution in [0.2, 0.25) is 5.02 Å². The minimum Gasteiger partial charge on any atom is -0.342 e. The van der Waals surface area contributed by atoms with Crippen LogP contribution < -0.4 is 10.2 Å². The van der Waals surface area contributed by atoms with E-state index in [0.29, 0.717) is 17.1 Å². The summed E-state index contributed by atoms with van der Waals surface area (Å²) in [5.74, 6) is -2.08. The van der Waals surface area contributed by atoms with Gasteiger partial charge in [0, 0.05) is 34.2 Å². The smallest absolute Gasteiger partial charge is 0.335 e. The lowest BCUT2D eigenvalue weighted by Gasteiger charge is -2.26. The Morgan fingerprint density at radius 1 is 0.912 bits per heavy atom. The molecule has 0 aliphatic carbocycles. The number of imide groups is 2. The van der Waals surface area contributed by atoms with Crippen molar-refractivity contribution in [1.29, 1.82) is 0 Å². The molecule has 1 N–H and O–H groups in total. The molecule has 34 heavy (non-hydrogen) atoms. The number of amides is 4. The molecule has 1 aliphatic rings. The van der Waals surface area contributed by atoms with E-state index in [0.717, 1.165) is 33.5 Å². The highest BCUT2D eigenvalue weighted by atomic mass is 35.5. The van der Waals surface area contributed by atoms with E-state index in [2.05, 4.69) is 5.32 Å². The molecule has 4 amide bonds. The van der Waals surface area contributed by atoms with Gasteiger partial charge in [0.15, 0.2) is 0 Å². The van der Waals surface area contributed by atoms with E-state index < -0.39 is 23.7 Å². The minimum absolute atomic E-state index is 0.160. The number of halogens is 2. The first-order valence-corrected chi connectivity index (χ1v) is 10.8. The second kappa shape index (κ2) is 8.61. The van der Waals surface area contributed by atoms with Crippen LogP contribution in [0.4, 0.5) is 14.9 Å². The van der Waals surface area contributed by atoms with Gasteiger partial charge in [-0.15, -0.1) is 0 Å².